The molecule has 4 heteroatoms. The minimum atomic E-state index is -0.174. The van der Waals surface area contributed by atoms with Crippen LogP contribution in [0, 0.1) is 5.92 Å². The van der Waals surface area contributed by atoms with Gasteiger partial charge < -0.3 is 10.1 Å². The molecule has 4 nitrogen and oxygen atoms in total. The Kier molecular flexibility index (Phi) is 6.40. The number of nitrogens with zero attached hydrogens (tertiary/aromatic N) is 1. The Morgan fingerprint density at radius 2 is 1.75 bits per heavy atom. The van der Waals surface area contributed by atoms with E-state index in [1.165, 1.54) is 16.7 Å². The molecule has 2 aromatic rings. The van der Waals surface area contributed by atoms with Gasteiger partial charge in [0.1, 0.15) is 0 Å². The van der Waals surface area contributed by atoms with Gasteiger partial charge in [-0.2, -0.15) is 0 Å². The summed E-state index contributed by atoms with van der Waals surface area (Å²) in [7, 11) is 0. The van der Waals surface area contributed by atoms with Gasteiger partial charge >= 0.3 is 5.97 Å². The summed E-state index contributed by atoms with van der Waals surface area (Å²) >= 11 is 0. The smallest absolute Gasteiger partial charge is 0.338 e. The second-order valence-corrected chi connectivity index (χ2v) is 8.04. The van der Waals surface area contributed by atoms with Gasteiger partial charge in [-0.15, -0.1) is 0 Å². The average molecular weight is 379 g/mol. The van der Waals surface area contributed by atoms with Crippen LogP contribution in [0.4, 0.5) is 0 Å². The molecule has 0 unspecified atom stereocenters. The molecule has 0 aromatic heterocycles. The van der Waals surface area contributed by atoms with Crippen molar-refractivity contribution in [2.45, 2.75) is 32.2 Å². The minimum absolute atomic E-state index is 0.174. The third-order valence-corrected chi connectivity index (χ3v) is 5.99. The largest absolute Gasteiger partial charge is 0.462 e. The van der Waals surface area contributed by atoms with E-state index in [9.17, 15) is 4.79 Å². The summed E-state index contributed by atoms with van der Waals surface area (Å²) in [5.41, 5.74) is 4.70. The maximum Gasteiger partial charge on any atom is 0.338 e. The van der Waals surface area contributed by atoms with Crippen molar-refractivity contribution in [3.05, 3.63) is 70.8 Å². The molecule has 28 heavy (non-hydrogen) atoms. The Hall–Kier alpha value is -2.17. The molecular formula is C24H30N2O2. The van der Waals surface area contributed by atoms with Gasteiger partial charge in [-0.05, 0) is 86.6 Å². The first kappa shape index (κ1) is 19.2. The second kappa shape index (κ2) is 9.35. The summed E-state index contributed by atoms with van der Waals surface area (Å²) in [5.74, 6) is 0.299. The van der Waals surface area contributed by atoms with Gasteiger partial charge in [0.25, 0.3) is 0 Å². The molecule has 1 N–H and O–H groups in total. The van der Waals surface area contributed by atoms with Crippen molar-refractivity contribution < 1.29 is 9.53 Å². The van der Waals surface area contributed by atoms with Crippen LogP contribution in [0.2, 0.25) is 0 Å². The highest BCUT2D eigenvalue weighted by Gasteiger charge is 2.21. The predicted octanol–water partition coefficient (Wildman–Crippen LogP) is 3.44. The number of hydrogen-bond donors (Lipinski definition) is 1. The van der Waals surface area contributed by atoms with Crippen molar-refractivity contribution in [1.29, 1.82) is 0 Å². The molecule has 0 saturated carbocycles. The molecule has 0 bridgehead atoms. The lowest BCUT2D eigenvalue weighted by Gasteiger charge is -2.31. The molecule has 0 atom stereocenters. The number of rotatable bonds is 5. The fourth-order valence-corrected chi connectivity index (χ4v) is 4.23. The number of likely N-dealkylation sites (tertiary alicyclic amines) is 1. The highest BCUT2D eigenvalue weighted by molar-refractivity contribution is 5.89. The summed E-state index contributed by atoms with van der Waals surface area (Å²) in [6.45, 7) is 5.69. The lowest BCUT2D eigenvalue weighted by molar-refractivity contribution is 0.0368. The van der Waals surface area contributed by atoms with Crippen molar-refractivity contribution in [3.8, 4) is 0 Å². The lowest BCUT2D eigenvalue weighted by Crippen LogP contribution is -2.35. The number of carbonyl (C=O) groups excluding carboxylic acids is 1. The van der Waals surface area contributed by atoms with Crippen LogP contribution in [0.3, 0.4) is 0 Å². The normalized spacial score (nSPS) is 18.3. The van der Waals surface area contributed by atoms with E-state index in [4.69, 9.17) is 4.74 Å². The highest BCUT2D eigenvalue weighted by Crippen LogP contribution is 2.21. The van der Waals surface area contributed by atoms with E-state index in [0.717, 1.165) is 58.4 Å². The molecular weight excluding hydrogens is 348 g/mol. The molecule has 148 valence electrons. The van der Waals surface area contributed by atoms with Gasteiger partial charge in [-0.1, -0.05) is 36.4 Å². The zero-order valence-corrected chi connectivity index (χ0v) is 16.5. The van der Waals surface area contributed by atoms with Crippen LogP contribution < -0.4 is 5.32 Å². The molecule has 0 aliphatic carbocycles. The molecule has 2 aromatic carbocycles. The van der Waals surface area contributed by atoms with Crippen LogP contribution in [0.1, 0.15) is 39.9 Å². The standard InChI is InChI=1S/C24H30N2O2/c27-24(23-7-6-21-8-12-25-13-9-22(21)16-23)28-18-20-10-14-26(15-11-20)17-19-4-2-1-3-5-19/h1-7,16,20,25H,8-15,17-18H2. The van der Waals surface area contributed by atoms with Gasteiger partial charge in [0.15, 0.2) is 0 Å². The number of esters is 1. The van der Waals surface area contributed by atoms with Gasteiger partial charge in [0, 0.05) is 6.54 Å². The minimum Gasteiger partial charge on any atom is -0.462 e. The summed E-state index contributed by atoms with van der Waals surface area (Å²) < 4.78 is 5.67. The van der Waals surface area contributed by atoms with Crippen molar-refractivity contribution >= 4 is 5.97 Å². The van der Waals surface area contributed by atoms with E-state index in [0.29, 0.717) is 18.1 Å². The highest BCUT2D eigenvalue weighted by atomic mass is 16.5. The van der Waals surface area contributed by atoms with Crippen LogP contribution >= 0.6 is 0 Å². The van der Waals surface area contributed by atoms with Gasteiger partial charge in [0.05, 0.1) is 12.2 Å². The topological polar surface area (TPSA) is 41.6 Å². The SMILES string of the molecule is O=C(OCC1CCN(Cc2ccccc2)CC1)c1ccc2c(c1)CCNCC2. The number of fused-ring (bicyclic) bond motifs is 1. The fraction of sp³-hybridized carbons (Fsp3) is 0.458. The summed E-state index contributed by atoms with van der Waals surface area (Å²) in [6, 6.07) is 16.7. The Balaban J connectivity index is 1.24. The van der Waals surface area contributed by atoms with Crippen molar-refractivity contribution in [2.24, 2.45) is 5.92 Å². The quantitative estimate of drug-likeness (QED) is 0.810. The zero-order chi connectivity index (χ0) is 19.2. The predicted molar refractivity (Wildman–Crippen MR) is 111 cm³/mol. The summed E-state index contributed by atoms with van der Waals surface area (Å²) in [6.07, 6.45) is 4.20. The number of carbonyl (C=O) groups is 1. The lowest BCUT2D eigenvalue weighted by atomic mass is 9.97. The molecule has 0 radical (unpaired) electrons. The molecule has 1 fully saturated rings. The fourth-order valence-electron chi connectivity index (χ4n) is 4.23. The number of nitrogens with one attached hydrogen (secondary N) is 1. The second-order valence-electron chi connectivity index (χ2n) is 8.04. The van der Waals surface area contributed by atoms with Crippen LogP contribution in [-0.4, -0.2) is 43.7 Å². The Bertz CT molecular complexity index is 782. The van der Waals surface area contributed by atoms with E-state index in [1.807, 2.05) is 12.1 Å². The maximum atomic E-state index is 12.5. The van der Waals surface area contributed by atoms with Gasteiger partial charge in [-0.25, -0.2) is 4.79 Å². The van der Waals surface area contributed by atoms with Gasteiger partial charge in [0.2, 0.25) is 0 Å². The van der Waals surface area contributed by atoms with Crippen LogP contribution in [0.25, 0.3) is 0 Å². The number of hydrogen-bond acceptors (Lipinski definition) is 4. The van der Waals surface area contributed by atoms with Crippen LogP contribution in [0.5, 0.6) is 0 Å². The van der Waals surface area contributed by atoms with Crippen LogP contribution in [-0.2, 0) is 24.1 Å². The molecule has 2 aliphatic rings. The third kappa shape index (κ3) is 5.00. The first-order chi connectivity index (χ1) is 13.8. The van der Waals surface area contributed by atoms with E-state index < -0.39 is 0 Å². The number of piperidine rings is 1. The van der Waals surface area contributed by atoms with E-state index in [2.05, 4.69) is 46.6 Å². The van der Waals surface area contributed by atoms with Crippen LogP contribution in [0.15, 0.2) is 48.5 Å². The molecule has 2 heterocycles. The Morgan fingerprint density at radius 3 is 2.54 bits per heavy atom. The molecule has 1 saturated heterocycles. The van der Waals surface area contributed by atoms with E-state index >= 15 is 0 Å². The summed E-state index contributed by atoms with van der Waals surface area (Å²) in [5, 5.41) is 3.41. The zero-order valence-electron chi connectivity index (χ0n) is 16.5. The monoisotopic (exact) mass is 378 g/mol. The van der Waals surface area contributed by atoms with E-state index in [1.54, 1.807) is 0 Å². The molecule has 2 aliphatic heterocycles. The van der Waals surface area contributed by atoms with Crippen molar-refractivity contribution in [3.63, 3.8) is 0 Å². The third-order valence-electron chi connectivity index (χ3n) is 5.99. The Labute approximate surface area is 167 Å². The first-order valence-electron chi connectivity index (χ1n) is 10.5. The number of ether oxygens (including phenoxy) is 1. The Morgan fingerprint density at radius 1 is 1.00 bits per heavy atom. The maximum absolute atomic E-state index is 12.5. The first-order valence-corrected chi connectivity index (χ1v) is 10.5. The molecule has 0 amide bonds. The van der Waals surface area contributed by atoms with Gasteiger partial charge in [-0.3, -0.25) is 4.90 Å². The van der Waals surface area contributed by atoms with Crippen molar-refractivity contribution in [2.75, 3.05) is 32.8 Å². The molecule has 4 rings (SSSR count). The van der Waals surface area contributed by atoms with E-state index in [-0.39, 0.29) is 5.97 Å². The molecule has 0 spiro atoms. The number of benzene rings is 2. The summed E-state index contributed by atoms with van der Waals surface area (Å²) in [4.78, 5) is 15.0. The average Bonchev–Trinajstić information content (AvgIpc) is 2.98. The van der Waals surface area contributed by atoms with Crippen molar-refractivity contribution in [1.82, 2.24) is 10.2 Å².